The molecule has 23 heavy (non-hydrogen) atoms. The van der Waals surface area contributed by atoms with E-state index in [4.69, 9.17) is 11.6 Å². The van der Waals surface area contributed by atoms with E-state index in [1.54, 1.807) is 6.33 Å². The van der Waals surface area contributed by atoms with E-state index in [1.807, 2.05) is 22.7 Å². The highest BCUT2D eigenvalue weighted by atomic mass is 35.5. The third kappa shape index (κ3) is 2.72. The third-order valence-electron chi connectivity index (χ3n) is 4.28. The van der Waals surface area contributed by atoms with E-state index in [0.29, 0.717) is 0 Å². The second kappa shape index (κ2) is 5.74. The fraction of sp³-hybridized carbons (Fsp3) is 0.294. The third-order valence-corrected chi connectivity index (χ3v) is 4.52. The number of anilines is 2. The van der Waals surface area contributed by atoms with Crippen LogP contribution in [0.4, 0.5) is 11.5 Å². The number of benzene rings is 1. The molecule has 0 spiro atoms. The first-order valence-electron chi connectivity index (χ1n) is 7.76. The molecule has 3 aromatic rings. The second-order valence-electron chi connectivity index (χ2n) is 5.87. The zero-order chi connectivity index (χ0) is 15.8. The lowest BCUT2D eigenvalue weighted by molar-refractivity contribution is 0.639. The van der Waals surface area contributed by atoms with E-state index in [-0.39, 0.29) is 0 Å². The largest absolute Gasteiger partial charge is 0.368 e. The molecule has 1 fully saturated rings. The Balaban J connectivity index is 1.56. The lowest BCUT2D eigenvalue weighted by Gasteiger charge is -2.37. The van der Waals surface area contributed by atoms with Gasteiger partial charge in [-0.2, -0.15) is 9.61 Å². The summed E-state index contributed by atoms with van der Waals surface area (Å²) in [6, 6.07) is 12.3. The Bertz CT molecular complexity index is 836. The molecule has 4 rings (SSSR count). The highest BCUT2D eigenvalue weighted by molar-refractivity contribution is 6.30. The average molecular weight is 328 g/mol. The molecule has 0 saturated carbocycles. The minimum absolute atomic E-state index is 0.785. The molecule has 0 aliphatic carbocycles. The van der Waals surface area contributed by atoms with Crippen molar-refractivity contribution in [3.05, 3.63) is 53.3 Å². The molecule has 6 heteroatoms. The molecule has 118 valence electrons. The molecule has 2 aromatic heterocycles. The van der Waals surface area contributed by atoms with E-state index < -0.39 is 0 Å². The van der Waals surface area contributed by atoms with E-state index >= 15 is 0 Å². The molecule has 0 atom stereocenters. The summed E-state index contributed by atoms with van der Waals surface area (Å²) < 4.78 is 1.92. The first-order chi connectivity index (χ1) is 11.2. The van der Waals surface area contributed by atoms with Gasteiger partial charge in [-0.1, -0.05) is 17.7 Å². The monoisotopic (exact) mass is 327 g/mol. The van der Waals surface area contributed by atoms with Crippen molar-refractivity contribution >= 4 is 28.8 Å². The van der Waals surface area contributed by atoms with Gasteiger partial charge < -0.3 is 9.80 Å². The predicted molar refractivity (Wildman–Crippen MR) is 93.6 cm³/mol. The summed E-state index contributed by atoms with van der Waals surface area (Å²) >= 11 is 6.10. The normalized spacial score (nSPS) is 15.4. The maximum atomic E-state index is 6.10. The molecule has 1 aromatic carbocycles. The van der Waals surface area contributed by atoms with Gasteiger partial charge in [-0.25, -0.2) is 4.98 Å². The Morgan fingerprint density at radius 1 is 1.00 bits per heavy atom. The zero-order valence-corrected chi connectivity index (χ0v) is 13.7. The number of hydrogen-bond donors (Lipinski definition) is 0. The number of pyridine rings is 1. The molecule has 1 aliphatic heterocycles. The Hall–Kier alpha value is -2.27. The van der Waals surface area contributed by atoms with Crippen molar-refractivity contribution in [1.82, 2.24) is 14.6 Å². The number of nitrogens with zero attached hydrogens (tertiary/aromatic N) is 5. The van der Waals surface area contributed by atoms with Gasteiger partial charge >= 0.3 is 0 Å². The van der Waals surface area contributed by atoms with Crippen molar-refractivity contribution in [3.63, 3.8) is 0 Å². The Labute approximate surface area is 140 Å². The number of hydrogen-bond acceptors (Lipinski definition) is 4. The minimum Gasteiger partial charge on any atom is -0.368 e. The van der Waals surface area contributed by atoms with Crippen LogP contribution in [0.2, 0.25) is 5.02 Å². The first kappa shape index (κ1) is 14.3. The molecule has 0 N–H and O–H groups in total. The molecular formula is C17H18ClN5. The Kier molecular flexibility index (Phi) is 3.58. The number of aryl methyl sites for hydroxylation is 1. The maximum absolute atomic E-state index is 6.10. The van der Waals surface area contributed by atoms with Gasteiger partial charge in [0.25, 0.3) is 0 Å². The second-order valence-corrected chi connectivity index (χ2v) is 6.31. The Morgan fingerprint density at radius 2 is 1.78 bits per heavy atom. The van der Waals surface area contributed by atoms with Gasteiger partial charge in [-0.3, -0.25) is 0 Å². The summed E-state index contributed by atoms with van der Waals surface area (Å²) in [4.78, 5) is 9.05. The SMILES string of the molecule is Cc1cc(N2CCN(c3cccc(Cl)c3)CC2)n2ncnc2c1. The van der Waals surface area contributed by atoms with Crippen molar-refractivity contribution < 1.29 is 0 Å². The predicted octanol–water partition coefficient (Wildman–Crippen LogP) is 3.02. The van der Waals surface area contributed by atoms with Gasteiger partial charge in [0.15, 0.2) is 5.65 Å². The fourth-order valence-electron chi connectivity index (χ4n) is 3.13. The van der Waals surface area contributed by atoms with Crippen LogP contribution >= 0.6 is 11.6 Å². The van der Waals surface area contributed by atoms with E-state index in [0.717, 1.165) is 42.7 Å². The summed E-state index contributed by atoms with van der Waals surface area (Å²) in [7, 11) is 0. The standard InChI is InChI=1S/C17H18ClN5/c1-13-9-16-19-12-20-23(16)17(10-13)22-7-5-21(6-8-22)15-4-2-3-14(18)11-15/h2-4,9-12H,5-8H2,1H3. The van der Waals surface area contributed by atoms with E-state index in [1.165, 1.54) is 11.3 Å². The topological polar surface area (TPSA) is 36.7 Å². The summed E-state index contributed by atoms with van der Waals surface area (Å²) in [5, 5.41) is 5.14. The quantitative estimate of drug-likeness (QED) is 0.725. The molecule has 3 heterocycles. The van der Waals surface area contributed by atoms with Crippen LogP contribution in [-0.4, -0.2) is 40.8 Å². The number of fused-ring (bicyclic) bond motifs is 1. The van der Waals surface area contributed by atoms with E-state index in [9.17, 15) is 0 Å². The number of rotatable bonds is 2. The lowest BCUT2D eigenvalue weighted by Crippen LogP contribution is -2.47. The molecule has 5 nitrogen and oxygen atoms in total. The van der Waals surface area contributed by atoms with Crippen molar-refractivity contribution in [2.75, 3.05) is 36.0 Å². The number of piperazine rings is 1. The summed E-state index contributed by atoms with van der Waals surface area (Å²) in [6.07, 6.45) is 1.61. The Morgan fingerprint density at radius 3 is 2.57 bits per heavy atom. The van der Waals surface area contributed by atoms with Crippen LogP contribution in [0.3, 0.4) is 0 Å². The van der Waals surface area contributed by atoms with Crippen LogP contribution in [0.25, 0.3) is 5.65 Å². The molecule has 0 amide bonds. The number of aromatic nitrogens is 3. The molecule has 0 unspecified atom stereocenters. The highest BCUT2D eigenvalue weighted by Gasteiger charge is 2.20. The molecule has 0 radical (unpaired) electrons. The summed E-state index contributed by atoms with van der Waals surface area (Å²) in [5.41, 5.74) is 3.29. The molecule has 1 saturated heterocycles. The van der Waals surface area contributed by atoms with Crippen LogP contribution in [-0.2, 0) is 0 Å². The first-order valence-corrected chi connectivity index (χ1v) is 8.14. The van der Waals surface area contributed by atoms with Crippen LogP contribution in [0.5, 0.6) is 0 Å². The van der Waals surface area contributed by atoms with Crippen molar-refractivity contribution in [2.45, 2.75) is 6.92 Å². The van der Waals surface area contributed by atoms with Gasteiger partial charge in [0.1, 0.15) is 12.1 Å². The van der Waals surface area contributed by atoms with Crippen LogP contribution in [0.1, 0.15) is 5.56 Å². The van der Waals surface area contributed by atoms with Crippen molar-refractivity contribution in [2.24, 2.45) is 0 Å². The summed E-state index contributed by atoms with van der Waals surface area (Å²) in [6.45, 7) is 5.92. The van der Waals surface area contributed by atoms with Crippen molar-refractivity contribution in [3.8, 4) is 0 Å². The number of halogens is 1. The van der Waals surface area contributed by atoms with Crippen LogP contribution in [0, 0.1) is 6.92 Å². The fourth-order valence-corrected chi connectivity index (χ4v) is 3.31. The highest BCUT2D eigenvalue weighted by Crippen LogP contribution is 2.24. The van der Waals surface area contributed by atoms with Gasteiger partial charge in [0.05, 0.1) is 0 Å². The minimum atomic E-state index is 0.785. The summed E-state index contributed by atoms with van der Waals surface area (Å²) in [5.74, 6) is 1.11. The van der Waals surface area contributed by atoms with Gasteiger partial charge in [-0.15, -0.1) is 0 Å². The molecule has 0 bridgehead atoms. The van der Waals surface area contributed by atoms with Crippen LogP contribution in [0.15, 0.2) is 42.7 Å². The lowest BCUT2D eigenvalue weighted by atomic mass is 10.2. The molecular weight excluding hydrogens is 310 g/mol. The molecule has 1 aliphatic rings. The van der Waals surface area contributed by atoms with Crippen LogP contribution < -0.4 is 9.80 Å². The van der Waals surface area contributed by atoms with Gasteiger partial charge in [0, 0.05) is 36.9 Å². The average Bonchev–Trinajstić information content (AvgIpc) is 3.02. The van der Waals surface area contributed by atoms with Gasteiger partial charge in [-0.05, 0) is 42.8 Å². The maximum Gasteiger partial charge on any atom is 0.157 e. The van der Waals surface area contributed by atoms with Gasteiger partial charge in [0.2, 0.25) is 0 Å². The smallest absolute Gasteiger partial charge is 0.157 e. The van der Waals surface area contributed by atoms with Crippen molar-refractivity contribution in [1.29, 1.82) is 0 Å². The zero-order valence-electron chi connectivity index (χ0n) is 13.0. The van der Waals surface area contributed by atoms with E-state index in [2.05, 4.69) is 45.0 Å².